The number of nitrogens with one attached hydrogen (secondary N) is 1. The summed E-state index contributed by atoms with van der Waals surface area (Å²) in [6.45, 7) is 0.639. The molecule has 1 aliphatic carbocycles. The highest BCUT2D eigenvalue weighted by Gasteiger charge is 2.23. The minimum atomic E-state index is -0.229. The van der Waals surface area contributed by atoms with Crippen molar-refractivity contribution in [2.24, 2.45) is 0 Å². The van der Waals surface area contributed by atoms with Gasteiger partial charge in [0, 0.05) is 11.0 Å². The maximum absolute atomic E-state index is 13.7. The molecule has 1 aliphatic rings. The molecule has 0 spiro atoms. The highest BCUT2D eigenvalue weighted by Crippen LogP contribution is 2.40. The molecule has 0 saturated heterocycles. The van der Waals surface area contributed by atoms with Gasteiger partial charge in [-0.25, -0.2) is 4.39 Å². The molecule has 0 heterocycles. The Labute approximate surface area is 121 Å². The average molecular weight is 320 g/mol. The highest BCUT2D eigenvalue weighted by atomic mass is 79.9. The predicted molar refractivity (Wildman–Crippen MR) is 79.8 cm³/mol. The van der Waals surface area contributed by atoms with E-state index in [0.29, 0.717) is 12.2 Å². The summed E-state index contributed by atoms with van der Waals surface area (Å²) in [6.07, 6.45) is 2.60. The van der Waals surface area contributed by atoms with E-state index in [0.717, 1.165) is 10.4 Å². The zero-order valence-electron chi connectivity index (χ0n) is 10.5. The second-order valence-electron chi connectivity index (χ2n) is 4.97. The van der Waals surface area contributed by atoms with Gasteiger partial charge in [-0.3, -0.25) is 0 Å². The van der Waals surface area contributed by atoms with Gasteiger partial charge in [0.1, 0.15) is 5.82 Å². The monoisotopic (exact) mass is 319 g/mol. The molecule has 0 bridgehead atoms. The SMILES string of the molecule is Fc1cccc(Br)c1NCc1cccc(C2CC2)c1. The Bertz CT molecular complexity index is 573. The summed E-state index contributed by atoms with van der Waals surface area (Å²) >= 11 is 3.37. The third-order valence-electron chi connectivity index (χ3n) is 3.43. The van der Waals surface area contributed by atoms with Crippen molar-refractivity contribution >= 4 is 21.6 Å². The fraction of sp³-hybridized carbons (Fsp3) is 0.250. The Kier molecular flexibility index (Phi) is 3.56. The molecule has 1 saturated carbocycles. The van der Waals surface area contributed by atoms with Crippen LogP contribution in [0.5, 0.6) is 0 Å². The highest BCUT2D eigenvalue weighted by molar-refractivity contribution is 9.10. The van der Waals surface area contributed by atoms with Crippen LogP contribution in [-0.2, 0) is 6.54 Å². The van der Waals surface area contributed by atoms with E-state index in [9.17, 15) is 4.39 Å². The van der Waals surface area contributed by atoms with Crippen molar-refractivity contribution in [3.8, 4) is 0 Å². The fourth-order valence-corrected chi connectivity index (χ4v) is 2.71. The van der Waals surface area contributed by atoms with Crippen LogP contribution < -0.4 is 5.32 Å². The quantitative estimate of drug-likeness (QED) is 0.828. The van der Waals surface area contributed by atoms with E-state index in [2.05, 4.69) is 45.5 Å². The van der Waals surface area contributed by atoms with Gasteiger partial charge in [-0.15, -0.1) is 0 Å². The molecule has 3 rings (SSSR count). The normalized spacial score (nSPS) is 14.4. The maximum atomic E-state index is 13.7. The number of hydrogen-bond acceptors (Lipinski definition) is 1. The molecule has 0 amide bonds. The van der Waals surface area contributed by atoms with Crippen LogP contribution in [0.15, 0.2) is 46.9 Å². The second kappa shape index (κ2) is 5.33. The summed E-state index contributed by atoms with van der Waals surface area (Å²) in [5.74, 6) is 0.521. The first-order chi connectivity index (χ1) is 9.24. The number of halogens is 2. The first-order valence-corrected chi connectivity index (χ1v) is 7.30. The maximum Gasteiger partial charge on any atom is 0.147 e. The molecule has 19 heavy (non-hydrogen) atoms. The molecule has 1 N–H and O–H groups in total. The van der Waals surface area contributed by atoms with E-state index < -0.39 is 0 Å². The summed E-state index contributed by atoms with van der Waals surface area (Å²) in [7, 11) is 0. The Balaban J connectivity index is 1.73. The minimum absolute atomic E-state index is 0.229. The van der Waals surface area contributed by atoms with Crippen LogP contribution in [0.2, 0.25) is 0 Å². The summed E-state index contributed by atoms with van der Waals surface area (Å²) in [5.41, 5.74) is 3.13. The van der Waals surface area contributed by atoms with Gasteiger partial charge in [-0.1, -0.05) is 30.3 Å². The van der Waals surface area contributed by atoms with Crippen molar-refractivity contribution in [3.05, 3.63) is 63.9 Å². The van der Waals surface area contributed by atoms with Crippen LogP contribution in [0, 0.1) is 5.82 Å². The fourth-order valence-electron chi connectivity index (χ4n) is 2.23. The summed E-state index contributed by atoms with van der Waals surface area (Å²) in [6, 6.07) is 13.6. The van der Waals surface area contributed by atoms with E-state index in [-0.39, 0.29) is 5.82 Å². The Morgan fingerprint density at radius 1 is 1.16 bits per heavy atom. The van der Waals surface area contributed by atoms with Crippen molar-refractivity contribution in [2.75, 3.05) is 5.32 Å². The number of benzene rings is 2. The molecule has 3 heteroatoms. The molecule has 0 aromatic heterocycles. The van der Waals surface area contributed by atoms with Gasteiger partial charge in [-0.05, 0) is 57.9 Å². The zero-order valence-corrected chi connectivity index (χ0v) is 12.1. The number of para-hydroxylation sites is 1. The number of anilines is 1. The van der Waals surface area contributed by atoms with Gasteiger partial charge >= 0.3 is 0 Å². The Hall–Kier alpha value is -1.35. The number of rotatable bonds is 4. The third-order valence-corrected chi connectivity index (χ3v) is 4.09. The number of hydrogen-bond donors (Lipinski definition) is 1. The van der Waals surface area contributed by atoms with Gasteiger partial charge in [0.25, 0.3) is 0 Å². The van der Waals surface area contributed by atoms with Gasteiger partial charge in [0.2, 0.25) is 0 Å². The minimum Gasteiger partial charge on any atom is -0.378 e. The van der Waals surface area contributed by atoms with Crippen molar-refractivity contribution in [1.82, 2.24) is 0 Å². The molecule has 0 unspecified atom stereocenters. The molecule has 2 aromatic rings. The van der Waals surface area contributed by atoms with Crippen LogP contribution in [-0.4, -0.2) is 0 Å². The summed E-state index contributed by atoms with van der Waals surface area (Å²) < 4.78 is 14.4. The molecular formula is C16H15BrFN. The smallest absolute Gasteiger partial charge is 0.147 e. The average Bonchev–Trinajstić information content (AvgIpc) is 3.23. The standard InChI is InChI=1S/C16H15BrFN/c17-14-5-2-6-15(18)16(14)19-10-11-3-1-4-13(9-11)12-7-8-12/h1-6,9,12,19H,7-8,10H2. The van der Waals surface area contributed by atoms with E-state index in [1.165, 1.54) is 30.0 Å². The lowest BCUT2D eigenvalue weighted by molar-refractivity contribution is 0.629. The first kappa shape index (κ1) is 12.7. The van der Waals surface area contributed by atoms with Crippen LogP contribution in [0.25, 0.3) is 0 Å². The van der Waals surface area contributed by atoms with Crippen molar-refractivity contribution in [2.45, 2.75) is 25.3 Å². The molecule has 1 nitrogen and oxygen atoms in total. The first-order valence-electron chi connectivity index (χ1n) is 6.51. The van der Waals surface area contributed by atoms with Crippen molar-refractivity contribution in [1.29, 1.82) is 0 Å². The van der Waals surface area contributed by atoms with E-state index in [4.69, 9.17) is 0 Å². The van der Waals surface area contributed by atoms with E-state index >= 15 is 0 Å². The molecular weight excluding hydrogens is 305 g/mol. The van der Waals surface area contributed by atoms with Crippen molar-refractivity contribution in [3.63, 3.8) is 0 Å². The topological polar surface area (TPSA) is 12.0 Å². The van der Waals surface area contributed by atoms with Crippen LogP contribution >= 0.6 is 15.9 Å². The van der Waals surface area contributed by atoms with Crippen LogP contribution in [0.3, 0.4) is 0 Å². The Morgan fingerprint density at radius 2 is 1.95 bits per heavy atom. The van der Waals surface area contributed by atoms with Gasteiger partial charge in [0.05, 0.1) is 5.69 Å². The largest absolute Gasteiger partial charge is 0.378 e. The van der Waals surface area contributed by atoms with Crippen LogP contribution in [0.4, 0.5) is 10.1 Å². The third kappa shape index (κ3) is 2.98. The van der Waals surface area contributed by atoms with Gasteiger partial charge < -0.3 is 5.32 Å². The zero-order chi connectivity index (χ0) is 13.2. The predicted octanol–water partition coefficient (Wildman–Crippen LogP) is 5.08. The molecule has 0 aliphatic heterocycles. The summed E-state index contributed by atoms with van der Waals surface area (Å²) in [5, 5.41) is 3.16. The Morgan fingerprint density at radius 3 is 2.68 bits per heavy atom. The van der Waals surface area contributed by atoms with Gasteiger partial charge in [0.15, 0.2) is 0 Å². The second-order valence-corrected chi connectivity index (χ2v) is 5.82. The lowest BCUT2D eigenvalue weighted by Gasteiger charge is -2.10. The lowest BCUT2D eigenvalue weighted by Crippen LogP contribution is -2.02. The molecule has 1 fully saturated rings. The molecule has 0 atom stereocenters. The van der Waals surface area contributed by atoms with Crippen molar-refractivity contribution < 1.29 is 4.39 Å². The van der Waals surface area contributed by atoms with E-state index in [1.54, 1.807) is 6.07 Å². The lowest BCUT2D eigenvalue weighted by atomic mass is 10.1. The van der Waals surface area contributed by atoms with Gasteiger partial charge in [-0.2, -0.15) is 0 Å². The van der Waals surface area contributed by atoms with Crippen LogP contribution in [0.1, 0.15) is 29.9 Å². The molecule has 0 radical (unpaired) electrons. The van der Waals surface area contributed by atoms with E-state index in [1.807, 2.05) is 6.07 Å². The summed E-state index contributed by atoms with van der Waals surface area (Å²) in [4.78, 5) is 0. The molecule has 98 valence electrons. The molecule has 2 aromatic carbocycles.